The molecule has 1 aliphatic carbocycles. The van der Waals surface area contributed by atoms with Gasteiger partial charge in [-0.15, -0.1) is 0 Å². The summed E-state index contributed by atoms with van der Waals surface area (Å²) in [5.41, 5.74) is 1.32. The van der Waals surface area contributed by atoms with Gasteiger partial charge >= 0.3 is 0 Å². The van der Waals surface area contributed by atoms with Crippen molar-refractivity contribution in [3.8, 4) is 5.75 Å². The Labute approximate surface area is 186 Å². The Morgan fingerprint density at radius 1 is 0.938 bits per heavy atom. The zero-order chi connectivity index (χ0) is 22.9. The number of hydrogen-bond donors (Lipinski definition) is 3. The van der Waals surface area contributed by atoms with Gasteiger partial charge in [0.25, 0.3) is 5.91 Å². The van der Waals surface area contributed by atoms with Gasteiger partial charge in [-0.05, 0) is 53.9 Å². The number of anilines is 3. The van der Waals surface area contributed by atoms with Crippen LogP contribution in [0.25, 0.3) is 10.8 Å². The van der Waals surface area contributed by atoms with Crippen molar-refractivity contribution in [3.63, 3.8) is 0 Å². The molecule has 1 saturated carbocycles. The molecule has 0 radical (unpaired) electrons. The third-order valence-corrected chi connectivity index (χ3v) is 5.68. The number of fused-ring (bicyclic) bond motifs is 1. The summed E-state index contributed by atoms with van der Waals surface area (Å²) in [7, 11) is -2.12. The first-order chi connectivity index (χ1) is 15.2. The normalized spacial score (nSPS) is 13.4. The smallest absolute Gasteiger partial charge is 0.257 e. The quantitative estimate of drug-likeness (QED) is 0.503. The van der Waals surface area contributed by atoms with Gasteiger partial charge in [-0.1, -0.05) is 24.3 Å². The molecule has 0 bridgehead atoms. The van der Waals surface area contributed by atoms with Crippen LogP contribution >= 0.6 is 0 Å². The Kier molecular flexibility index (Phi) is 5.75. The fraction of sp³-hybridized carbons (Fsp3) is 0.217. The van der Waals surface area contributed by atoms with E-state index >= 15 is 0 Å². The van der Waals surface area contributed by atoms with Gasteiger partial charge in [0.1, 0.15) is 5.75 Å². The van der Waals surface area contributed by atoms with Crippen LogP contribution in [-0.4, -0.2) is 33.6 Å². The molecule has 0 spiro atoms. The molecular formula is C23H23N3O5S. The molecule has 0 aromatic heterocycles. The molecule has 0 saturated heterocycles. The summed E-state index contributed by atoms with van der Waals surface area (Å²) in [5, 5.41) is 7.42. The Hall–Kier alpha value is -3.59. The molecule has 4 rings (SSSR count). The number of carbonyl (C=O) groups excluding carboxylic acids is 2. The van der Waals surface area contributed by atoms with E-state index in [4.69, 9.17) is 4.74 Å². The van der Waals surface area contributed by atoms with Crippen molar-refractivity contribution in [1.82, 2.24) is 0 Å². The summed E-state index contributed by atoms with van der Waals surface area (Å²) >= 11 is 0. The summed E-state index contributed by atoms with van der Waals surface area (Å²) in [4.78, 5) is 25.5. The minimum absolute atomic E-state index is 0.0106. The molecule has 0 aliphatic heterocycles. The van der Waals surface area contributed by atoms with Gasteiger partial charge in [0, 0.05) is 11.6 Å². The number of nitrogens with one attached hydrogen (secondary N) is 3. The van der Waals surface area contributed by atoms with Crippen LogP contribution in [-0.2, 0) is 14.8 Å². The second kappa shape index (κ2) is 8.51. The number of sulfonamides is 1. The van der Waals surface area contributed by atoms with Gasteiger partial charge in [0.15, 0.2) is 0 Å². The first kappa shape index (κ1) is 21.6. The lowest BCUT2D eigenvalue weighted by Crippen LogP contribution is -2.19. The van der Waals surface area contributed by atoms with E-state index in [1.165, 1.54) is 13.2 Å². The molecule has 0 heterocycles. The number of benzene rings is 3. The van der Waals surface area contributed by atoms with Gasteiger partial charge in [-0.3, -0.25) is 14.3 Å². The minimum Gasteiger partial charge on any atom is -0.495 e. The van der Waals surface area contributed by atoms with Gasteiger partial charge in [0.2, 0.25) is 15.9 Å². The van der Waals surface area contributed by atoms with Crippen molar-refractivity contribution in [2.24, 2.45) is 5.92 Å². The van der Waals surface area contributed by atoms with Gasteiger partial charge < -0.3 is 15.4 Å². The number of hydrogen-bond acceptors (Lipinski definition) is 5. The van der Waals surface area contributed by atoms with E-state index in [0.29, 0.717) is 22.7 Å². The molecule has 9 heteroatoms. The fourth-order valence-electron chi connectivity index (χ4n) is 3.38. The average molecular weight is 454 g/mol. The van der Waals surface area contributed by atoms with Crippen molar-refractivity contribution in [1.29, 1.82) is 0 Å². The third-order valence-electron chi connectivity index (χ3n) is 5.09. The first-order valence-corrected chi connectivity index (χ1v) is 11.9. The monoisotopic (exact) mass is 453 g/mol. The van der Waals surface area contributed by atoms with Crippen molar-refractivity contribution >= 4 is 49.7 Å². The van der Waals surface area contributed by atoms with Gasteiger partial charge in [-0.2, -0.15) is 0 Å². The fourth-order valence-corrected chi connectivity index (χ4v) is 3.93. The number of rotatable bonds is 7. The van der Waals surface area contributed by atoms with E-state index in [1.54, 1.807) is 24.3 Å². The Morgan fingerprint density at radius 2 is 1.62 bits per heavy atom. The van der Waals surface area contributed by atoms with E-state index in [9.17, 15) is 18.0 Å². The van der Waals surface area contributed by atoms with Crippen LogP contribution < -0.4 is 20.1 Å². The lowest BCUT2D eigenvalue weighted by atomic mass is 10.0. The first-order valence-electron chi connectivity index (χ1n) is 10.0. The molecule has 8 nitrogen and oxygen atoms in total. The molecule has 166 valence electrons. The summed E-state index contributed by atoms with van der Waals surface area (Å²) in [6.45, 7) is 0. The maximum Gasteiger partial charge on any atom is 0.257 e. The molecule has 2 amide bonds. The summed E-state index contributed by atoms with van der Waals surface area (Å²) in [6, 6.07) is 15.7. The van der Waals surface area contributed by atoms with Crippen LogP contribution in [0.3, 0.4) is 0 Å². The van der Waals surface area contributed by atoms with Crippen LogP contribution in [0.2, 0.25) is 0 Å². The van der Waals surface area contributed by atoms with Crippen LogP contribution in [0.15, 0.2) is 54.6 Å². The molecular weight excluding hydrogens is 430 g/mol. The standard InChI is InChI=1S/C23H23N3O5S/c1-31-21-10-9-17(13-20(21)26-32(2,29)30)24-23(28)18-11-15-5-3-4-6-16(15)12-19(18)25-22(27)14-7-8-14/h3-6,9-14,26H,7-8H2,1-2H3,(H,24,28)(H,25,27). The zero-order valence-corrected chi connectivity index (χ0v) is 18.5. The van der Waals surface area contributed by atoms with E-state index < -0.39 is 15.9 Å². The average Bonchev–Trinajstić information content (AvgIpc) is 3.58. The largest absolute Gasteiger partial charge is 0.495 e. The molecule has 1 fully saturated rings. The molecule has 3 aromatic rings. The van der Waals surface area contributed by atoms with E-state index in [2.05, 4.69) is 15.4 Å². The molecule has 0 atom stereocenters. The molecule has 3 N–H and O–H groups in total. The third kappa shape index (κ3) is 5.00. The topological polar surface area (TPSA) is 114 Å². The highest BCUT2D eigenvalue weighted by molar-refractivity contribution is 7.92. The predicted octanol–water partition coefficient (Wildman–Crippen LogP) is 3.82. The number of amides is 2. The molecule has 32 heavy (non-hydrogen) atoms. The summed E-state index contributed by atoms with van der Waals surface area (Å²) < 4.78 is 30.9. The highest BCUT2D eigenvalue weighted by Crippen LogP contribution is 2.33. The summed E-state index contributed by atoms with van der Waals surface area (Å²) in [6.07, 6.45) is 2.73. The molecule has 0 unspecified atom stereocenters. The summed E-state index contributed by atoms with van der Waals surface area (Å²) in [5.74, 6) is -0.226. The van der Waals surface area contributed by atoms with Crippen LogP contribution in [0.5, 0.6) is 5.75 Å². The van der Waals surface area contributed by atoms with Gasteiger partial charge in [0.05, 0.1) is 30.3 Å². The van der Waals surface area contributed by atoms with Crippen LogP contribution in [0.1, 0.15) is 23.2 Å². The van der Waals surface area contributed by atoms with Gasteiger partial charge in [-0.25, -0.2) is 8.42 Å². The Morgan fingerprint density at radius 3 is 2.25 bits per heavy atom. The highest BCUT2D eigenvalue weighted by atomic mass is 32.2. The van der Waals surface area contributed by atoms with Crippen LogP contribution in [0, 0.1) is 5.92 Å². The maximum absolute atomic E-state index is 13.2. The molecule has 3 aromatic carbocycles. The highest BCUT2D eigenvalue weighted by Gasteiger charge is 2.30. The Bertz CT molecular complexity index is 1320. The van der Waals surface area contributed by atoms with E-state index in [0.717, 1.165) is 29.9 Å². The molecule has 1 aliphatic rings. The lowest BCUT2D eigenvalue weighted by molar-refractivity contribution is -0.117. The number of carbonyl (C=O) groups is 2. The van der Waals surface area contributed by atoms with Crippen molar-refractivity contribution in [2.75, 3.05) is 28.7 Å². The van der Waals surface area contributed by atoms with Crippen LogP contribution in [0.4, 0.5) is 17.1 Å². The van der Waals surface area contributed by atoms with E-state index in [-0.39, 0.29) is 17.5 Å². The van der Waals surface area contributed by atoms with Crippen molar-refractivity contribution in [2.45, 2.75) is 12.8 Å². The van der Waals surface area contributed by atoms with Crippen molar-refractivity contribution < 1.29 is 22.7 Å². The second-order valence-corrected chi connectivity index (χ2v) is 9.50. The number of methoxy groups -OCH3 is 1. The second-order valence-electron chi connectivity index (χ2n) is 7.75. The van der Waals surface area contributed by atoms with E-state index in [1.807, 2.05) is 24.3 Å². The SMILES string of the molecule is COc1ccc(NC(=O)c2cc3ccccc3cc2NC(=O)C2CC2)cc1NS(C)(=O)=O. The Balaban J connectivity index is 1.67. The minimum atomic E-state index is -3.54. The maximum atomic E-state index is 13.2. The van der Waals surface area contributed by atoms with Crippen molar-refractivity contribution in [3.05, 3.63) is 60.2 Å². The lowest BCUT2D eigenvalue weighted by Gasteiger charge is -2.15. The zero-order valence-electron chi connectivity index (χ0n) is 17.6. The predicted molar refractivity (Wildman–Crippen MR) is 125 cm³/mol. The number of ether oxygens (including phenoxy) is 1.